The maximum absolute atomic E-state index is 6.22. The van der Waals surface area contributed by atoms with E-state index in [1.165, 1.54) is 5.56 Å². The van der Waals surface area contributed by atoms with E-state index in [1.54, 1.807) is 0 Å². The van der Waals surface area contributed by atoms with Crippen LogP contribution in [0.3, 0.4) is 0 Å². The maximum Gasteiger partial charge on any atom is 0.106 e. The van der Waals surface area contributed by atoms with Crippen molar-refractivity contribution in [2.45, 2.75) is 26.8 Å². The van der Waals surface area contributed by atoms with Crippen molar-refractivity contribution in [3.8, 4) is 0 Å². The lowest BCUT2D eigenvalue weighted by molar-refractivity contribution is 0.499. The molecule has 1 atom stereocenters. The molecule has 1 aromatic carbocycles. The fourth-order valence-corrected chi connectivity index (χ4v) is 1.91. The number of aryl methyl sites for hydroxylation is 3. The summed E-state index contributed by atoms with van der Waals surface area (Å²) < 4.78 is 5.50. The van der Waals surface area contributed by atoms with E-state index in [1.807, 2.05) is 19.9 Å². The molecule has 0 bridgehead atoms. The van der Waals surface area contributed by atoms with Crippen molar-refractivity contribution in [2.24, 2.45) is 5.73 Å². The van der Waals surface area contributed by atoms with Gasteiger partial charge in [-0.1, -0.05) is 29.8 Å². The van der Waals surface area contributed by atoms with Crippen LogP contribution in [0.5, 0.6) is 0 Å². The Bertz CT molecular complexity index is 482. The second kappa shape index (κ2) is 4.14. The molecule has 0 aliphatic heterocycles. The summed E-state index contributed by atoms with van der Waals surface area (Å²) in [5.74, 6) is 1.82. The first-order valence-electron chi connectivity index (χ1n) is 5.47. The van der Waals surface area contributed by atoms with Crippen molar-refractivity contribution >= 4 is 0 Å². The van der Waals surface area contributed by atoms with Gasteiger partial charge in [-0.25, -0.2) is 0 Å². The van der Waals surface area contributed by atoms with E-state index in [0.29, 0.717) is 0 Å². The Kier molecular flexibility index (Phi) is 2.84. The van der Waals surface area contributed by atoms with Crippen molar-refractivity contribution in [3.05, 3.63) is 58.5 Å². The van der Waals surface area contributed by atoms with Crippen LogP contribution in [0.25, 0.3) is 0 Å². The Morgan fingerprint density at radius 1 is 1.06 bits per heavy atom. The highest BCUT2D eigenvalue weighted by molar-refractivity contribution is 5.35. The predicted molar refractivity (Wildman–Crippen MR) is 65.4 cm³/mol. The molecular weight excluding hydrogens is 198 g/mol. The SMILES string of the molecule is Cc1ccc(C(N)c2cc(C)oc2C)cc1. The van der Waals surface area contributed by atoms with Gasteiger partial charge in [0.25, 0.3) is 0 Å². The lowest BCUT2D eigenvalue weighted by Gasteiger charge is -2.11. The lowest BCUT2D eigenvalue weighted by atomic mass is 9.99. The Hall–Kier alpha value is -1.54. The molecule has 16 heavy (non-hydrogen) atoms. The summed E-state index contributed by atoms with van der Waals surface area (Å²) in [5, 5.41) is 0. The van der Waals surface area contributed by atoms with Gasteiger partial charge in [0.15, 0.2) is 0 Å². The molecule has 2 N–H and O–H groups in total. The fourth-order valence-electron chi connectivity index (χ4n) is 1.91. The standard InChI is InChI=1S/C14H17NO/c1-9-4-6-12(7-5-9)14(15)13-8-10(2)16-11(13)3/h4-8,14H,15H2,1-3H3. The van der Waals surface area contributed by atoms with Gasteiger partial charge < -0.3 is 10.2 Å². The Labute approximate surface area is 96.1 Å². The summed E-state index contributed by atoms with van der Waals surface area (Å²) in [5.41, 5.74) is 9.66. The molecule has 2 rings (SSSR count). The monoisotopic (exact) mass is 215 g/mol. The predicted octanol–water partition coefficient (Wildman–Crippen LogP) is 3.25. The van der Waals surface area contributed by atoms with Crippen molar-refractivity contribution in [1.29, 1.82) is 0 Å². The van der Waals surface area contributed by atoms with Crippen LogP contribution in [0.2, 0.25) is 0 Å². The molecule has 2 nitrogen and oxygen atoms in total. The lowest BCUT2D eigenvalue weighted by Crippen LogP contribution is -2.11. The third kappa shape index (κ3) is 2.02. The Balaban J connectivity index is 2.35. The molecule has 84 valence electrons. The van der Waals surface area contributed by atoms with Gasteiger partial charge in [0.05, 0.1) is 6.04 Å². The molecule has 0 spiro atoms. The topological polar surface area (TPSA) is 39.2 Å². The maximum atomic E-state index is 6.22. The minimum atomic E-state index is -0.0990. The number of hydrogen-bond acceptors (Lipinski definition) is 2. The quantitative estimate of drug-likeness (QED) is 0.835. The van der Waals surface area contributed by atoms with E-state index in [2.05, 4.69) is 31.2 Å². The molecule has 1 heterocycles. The molecule has 0 amide bonds. The normalized spacial score (nSPS) is 12.8. The van der Waals surface area contributed by atoms with E-state index < -0.39 is 0 Å². The molecule has 1 aromatic heterocycles. The summed E-state index contributed by atoms with van der Waals surface area (Å²) in [7, 11) is 0. The van der Waals surface area contributed by atoms with Gasteiger partial charge in [0, 0.05) is 5.56 Å². The fraction of sp³-hybridized carbons (Fsp3) is 0.286. The molecule has 0 saturated carbocycles. The number of rotatable bonds is 2. The third-order valence-corrected chi connectivity index (χ3v) is 2.85. The van der Waals surface area contributed by atoms with Crippen LogP contribution >= 0.6 is 0 Å². The van der Waals surface area contributed by atoms with Gasteiger partial charge in [-0.3, -0.25) is 0 Å². The Morgan fingerprint density at radius 2 is 1.69 bits per heavy atom. The molecule has 0 saturated heterocycles. The number of benzene rings is 1. The van der Waals surface area contributed by atoms with E-state index in [0.717, 1.165) is 22.6 Å². The highest BCUT2D eigenvalue weighted by Crippen LogP contribution is 2.25. The molecule has 2 heteroatoms. The van der Waals surface area contributed by atoms with Crippen LogP contribution in [0.4, 0.5) is 0 Å². The van der Waals surface area contributed by atoms with Crippen LogP contribution in [0.15, 0.2) is 34.7 Å². The van der Waals surface area contributed by atoms with Crippen LogP contribution < -0.4 is 5.73 Å². The molecule has 0 radical (unpaired) electrons. The molecular formula is C14H17NO. The smallest absolute Gasteiger partial charge is 0.106 e. The summed E-state index contributed by atoms with van der Waals surface area (Å²) in [4.78, 5) is 0. The van der Waals surface area contributed by atoms with Crippen LogP contribution in [0.1, 0.15) is 34.3 Å². The Morgan fingerprint density at radius 3 is 2.19 bits per heavy atom. The zero-order valence-corrected chi connectivity index (χ0v) is 9.95. The number of hydrogen-bond donors (Lipinski definition) is 1. The minimum absolute atomic E-state index is 0.0990. The van der Waals surface area contributed by atoms with E-state index in [9.17, 15) is 0 Å². The van der Waals surface area contributed by atoms with Gasteiger partial charge in [-0.2, -0.15) is 0 Å². The van der Waals surface area contributed by atoms with Crippen LogP contribution in [-0.4, -0.2) is 0 Å². The second-order valence-electron chi connectivity index (χ2n) is 4.26. The summed E-state index contributed by atoms with van der Waals surface area (Å²) in [6.45, 7) is 5.97. The van der Waals surface area contributed by atoms with Gasteiger partial charge in [-0.15, -0.1) is 0 Å². The van der Waals surface area contributed by atoms with Crippen LogP contribution in [0, 0.1) is 20.8 Å². The van der Waals surface area contributed by atoms with Crippen LogP contribution in [-0.2, 0) is 0 Å². The second-order valence-corrected chi connectivity index (χ2v) is 4.26. The largest absolute Gasteiger partial charge is 0.466 e. The number of nitrogens with two attached hydrogens (primary N) is 1. The first kappa shape index (κ1) is 11.0. The van der Waals surface area contributed by atoms with Gasteiger partial charge in [0.2, 0.25) is 0 Å². The molecule has 0 aliphatic carbocycles. The first-order chi connectivity index (χ1) is 7.58. The zero-order valence-electron chi connectivity index (χ0n) is 9.95. The summed E-state index contributed by atoms with van der Waals surface area (Å²) in [6, 6.07) is 10.2. The van der Waals surface area contributed by atoms with Gasteiger partial charge in [0.1, 0.15) is 11.5 Å². The van der Waals surface area contributed by atoms with E-state index in [-0.39, 0.29) is 6.04 Å². The highest BCUT2D eigenvalue weighted by atomic mass is 16.3. The zero-order chi connectivity index (χ0) is 11.7. The van der Waals surface area contributed by atoms with E-state index >= 15 is 0 Å². The average molecular weight is 215 g/mol. The van der Waals surface area contributed by atoms with Crippen molar-refractivity contribution < 1.29 is 4.42 Å². The molecule has 0 fully saturated rings. The minimum Gasteiger partial charge on any atom is -0.466 e. The molecule has 1 unspecified atom stereocenters. The summed E-state index contributed by atoms with van der Waals surface area (Å²) in [6.07, 6.45) is 0. The molecule has 0 aliphatic rings. The third-order valence-electron chi connectivity index (χ3n) is 2.85. The first-order valence-corrected chi connectivity index (χ1v) is 5.47. The average Bonchev–Trinajstić information content (AvgIpc) is 2.58. The van der Waals surface area contributed by atoms with E-state index in [4.69, 9.17) is 10.2 Å². The molecule has 2 aromatic rings. The van der Waals surface area contributed by atoms with Crippen molar-refractivity contribution in [2.75, 3.05) is 0 Å². The number of furan rings is 1. The van der Waals surface area contributed by atoms with Gasteiger partial charge in [-0.05, 0) is 32.4 Å². The van der Waals surface area contributed by atoms with Crippen molar-refractivity contribution in [3.63, 3.8) is 0 Å². The van der Waals surface area contributed by atoms with Gasteiger partial charge >= 0.3 is 0 Å². The summed E-state index contributed by atoms with van der Waals surface area (Å²) >= 11 is 0. The highest BCUT2D eigenvalue weighted by Gasteiger charge is 2.14. The van der Waals surface area contributed by atoms with Crippen molar-refractivity contribution in [1.82, 2.24) is 0 Å².